The number of unbranched alkanes of at least 4 members (excludes halogenated alkanes) is 1. The van der Waals surface area contributed by atoms with Crippen LogP contribution in [0.15, 0.2) is 21.7 Å². The highest BCUT2D eigenvalue weighted by Gasteiger charge is 2.13. The Balaban J connectivity index is 2.42. The van der Waals surface area contributed by atoms with E-state index in [0.717, 1.165) is 4.57 Å². The number of benzene rings is 1. The molecule has 0 unspecified atom stereocenters. The molecule has 136 valence electrons. The van der Waals surface area contributed by atoms with Crippen LogP contribution in [-0.4, -0.2) is 28.7 Å². The van der Waals surface area contributed by atoms with Crippen molar-refractivity contribution in [2.24, 2.45) is 0 Å². The van der Waals surface area contributed by atoms with Crippen LogP contribution in [0.4, 0.5) is 0 Å². The van der Waals surface area contributed by atoms with Crippen LogP contribution in [0, 0.1) is 0 Å². The van der Waals surface area contributed by atoms with Crippen molar-refractivity contribution < 1.29 is 19.4 Å². The number of rotatable bonds is 9. The summed E-state index contributed by atoms with van der Waals surface area (Å²) >= 11 is 0. The summed E-state index contributed by atoms with van der Waals surface area (Å²) in [4.78, 5) is 37.9. The largest absolute Gasteiger partial charge is 0.550 e. The minimum atomic E-state index is -1.15. The summed E-state index contributed by atoms with van der Waals surface area (Å²) in [6.45, 7) is 4.61. The Morgan fingerprint density at radius 3 is 2.36 bits per heavy atom. The zero-order valence-corrected chi connectivity index (χ0v) is 14.3. The van der Waals surface area contributed by atoms with E-state index in [9.17, 15) is 19.5 Å². The van der Waals surface area contributed by atoms with E-state index in [2.05, 4.69) is 4.98 Å². The number of fused-ring (bicyclic) bond motifs is 1. The van der Waals surface area contributed by atoms with Gasteiger partial charge in [0.15, 0.2) is 11.5 Å². The number of nitrogens with zero attached hydrogens (tertiary/aromatic N) is 1. The maximum atomic E-state index is 12.6. The lowest BCUT2D eigenvalue weighted by Crippen LogP contribution is -2.35. The molecule has 0 aliphatic heterocycles. The molecular weight excluding hydrogens is 328 g/mol. The summed E-state index contributed by atoms with van der Waals surface area (Å²) < 4.78 is 12.1. The highest BCUT2D eigenvalue weighted by Crippen LogP contribution is 2.30. The molecule has 2 rings (SSSR count). The number of nitrogens with one attached hydrogen (secondary N) is 1. The van der Waals surface area contributed by atoms with Gasteiger partial charge in [0.1, 0.15) is 0 Å². The molecule has 0 amide bonds. The van der Waals surface area contributed by atoms with Gasteiger partial charge in [-0.1, -0.05) is 0 Å². The monoisotopic (exact) mass is 349 g/mol. The van der Waals surface area contributed by atoms with Crippen molar-refractivity contribution >= 4 is 16.9 Å². The number of H-pyrrole nitrogens is 1. The van der Waals surface area contributed by atoms with E-state index in [4.69, 9.17) is 9.47 Å². The van der Waals surface area contributed by atoms with Gasteiger partial charge in [0.25, 0.3) is 5.56 Å². The van der Waals surface area contributed by atoms with Crippen LogP contribution in [0.1, 0.15) is 33.1 Å². The molecule has 25 heavy (non-hydrogen) atoms. The van der Waals surface area contributed by atoms with Gasteiger partial charge >= 0.3 is 5.69 Å². The maximum absolute atomic E-state index is 12.6. The Kier molecular flexibility index (Phi) is 6.21. The van der Waals surface area contributed by atoms with Gasteiger partial charge in [-0.15, -0.1) is 0 Å². The first-order chi connectivity index (χ1) is 12.0. The van der Waals surface area contributed by atoms with Gasteiger partial charge in [0.2, 0.25) is 0 Å². The lowest BCUT2D eigenvalue weighted by Gasteiger charge is -2.13. The first kappa shape index (κ1) is 18.6. The third-order valence-electron chi connectivity index (χ3n) is 3.66. The van der Waals surface area contributed by atoms with Crippen LogP contribution in [0.5, 0.6) is 11.5 Å². The highest BCUT2D eigenvalue weighted by molar-refractivity contribution is 5.81. The molecular formula is C17H21N2O6-. The number of carbonyl (C=O) groups excluding carboxylic acids is 1. The van der Waals surface area contributed by atoms with E-state index in [1.165, 1.54) is 0 Å². The number of carboxylic acids is 1. The first-order valence-corrected chi connectivity index (χ1v) is 8.24. The average molecular weight is 349 g/mol. The molecule has 1 aromatic carbocycles. The SMILES string of the molecule is CCOc1cc2[nH]c(=O)n(CCCCC(=O)[O-])c(=O)c2cc1OCC. The predicted octanol–water partition coefficient (Wildman–Crippen LogP) is 0.407. The number of aromatic amines is 1. The summed E-state index contributed by atoms with van der Waals surface area (Å²) in [5.41, 5.74) is -0.623. The number of aliphatic carboxylic acids is 1. The van der Waals surface area contributed by atoms with Crippen molar-refractivity contribution in [3.63, 3.8) is 0 Å². The number of aromatic nitrogens is 2. The number of carboxylic acid groups (broad SMARTS) is 1. The summed E-state index contributed by atoms with van der Waals surface area (Å²) in [6.07, 6.45) is 0.615. The molecule has 2 aromatic rings. The molecule has 0 radical (unpaired) electrons. The van der Waals surface area contributed by atoms with E-state index in [0.29, 0.717) is 48.5 Å². The zero-order chi connectivity index (χ0) is 18.4. The quantitative estimate of drug-likeness (QED) is 0.656. The molecule has 1 heterocycles. The van der Waals surface area contributed by atoms with Crippen molar-refractivity contribution in [1.29, 1.82) is 0 Å². The lowest BCUT2D eigenvalue weighted by atomic mass is 10.2. The van der Waals surface area contributed by atoms with Crippen LogP contribution in [-0.2, 0) is 11.3 Å². The van der Waals surface area contributed by atoms with Gasteiger partial charge in [-0.25, -0.2) is 4.79 Å². The Hall–Kier alpha value is -2.77. The fourth-order valence-corrected chi connectivity index (χ4v) is 2.54. The van der Waals surface area contributed by atoms with Gasteiger partial charge < -0.3 is 24.4 Å². The normalized spacial score (nSPS) is 10.8. The maximum Gasteiger partial charge on any atom is 0.328 e. The Bertz CT molecular complexity index is 868. The van der Waals surface area contributed by atoms with E-state index in [-0.39, 0.29) is 13.0 Å². The van der Waals surface area contributed by atoms with E-state index >= 15 is 0 Å². The van der Waals surface area contributed by atoms with Gasteiger partial charge in [-0.2, -0.15) is 0 Å². The minimum absolute atomic E-state index is 0.105. The molecule has 0 spiro atoms. The molecule has 0 saturated heterocycles. The van der Waals surface area contributed by atoms with Gasteiger partial charge in [-0.05, 0) is 39.2 Å². The van der Waals surface area contributed by atoms with Crippen LogP contribution in [0.2, 0.25) is 0 Å². The molecule has 0 saturated carbocycles. The van der Waals surface area contributed by atoms with Crippen LogP contribution in [0.3, 0.4) is 0 Å². The highest BCUT2D eigenvalue weighted by atomic mass is 16.5. The second-order valence-corrected chi connectivity index (χ2v) is 5.43. The molecule has 0 aliphatic carbocycles. The van der Waals surface area contributed by atoms with E-state index in [1.807, 2.05) is 13.8 Å². The van der Waals surface area contributed by atoms with Crippen molar-refractivity contribution in [2.75, 3.05) is 13.2 Å². The molecule has 1 N–H and O–H groups in total. The number of ether oxygens (including phenoxy) is 2. The summed E-state index contributed by atoms with van der Waals surface area (Å²) in [5.74, 6) is -0.257. The topological polar surface area (TPSA) is 113 Å². The summed E-state index contributed by atoms with van der Waals surface area (Å²) in [7, 11) is 0. The lowest BCUT2D eigenvalue weighted by molar-refractivity contribution is -0.305. The first-order valence-electron chi connectivity index (χ1n) is 8.24. The van der Waals surface area contributed by atoms with E-state index in [1.54, 1.807) is 12.1 Å². The number of carbonyl (C=O) groups is 1. The van der Waals surface area contributed by atoms with E-state index < -0.39 is 17.2 Å². The Morgan fingerprint density at radius 1 is 1.12 bits per heavy atom. The van der Waals surface area contributed by atoms with Crippen molar-refractivity contribution in [1.82, 2.24) is 9.55 Å². The van der Waals surface area contributed by atoms with Crippen LogP contribution < -0.4 is 25.8 Å². The van der Waals surface area contributed by atoms with Crippen molar-refractivity contribution in [2.45, 2.75) is 39.7 Å². The second kappa shape index (κ2) is 8.36. The van der Waals surface area contributed by atoms with Gasteiger partial charge in [-0.3, -0.25) is 9.36 Å². The molecule has 0 fully saturated rings. The number of hydrogen-bond donors (Lipinski definition) is 1. The molecule has 1 aromatic heterocycles. The Morgan fingerprint density at radius 2 is 1.76 bits per heavy atom. The average Bonchev–Trinajstić information content (AvgIpc) is 2.55. The standard InChI is InChI=1S/C17H22N2O6/c1-3-24-13-9-11-12(10-14(13)25-4-2)18-17(23)19(16(11)22)8-6-5-7-15(20)21/h9-10H,3-8H2,1-2H3,(H,18,23)(H,20,21)/p-1. The second-order valence-electron chi connectivity index (χ2n) is 5.43. The molecule has 0 bridgehead atoms. The minimum Gasteiger partial charge on any atom is -0.550 e. The summed E-state index contributed by atoms with van der Waals surface area (Å²) in [5, 5.41) is 10.7. The zero-order valence-electron chi connectivity index (χ0n) is 14.3. The van der Waals surface area contributed by atoms with Crippen LogP contribution >= 0.6 is 0 Å². The fraction of sp³-hybridized carbons (Fsp3) is 0.471. The molecule has 8 heteroatoms. The predicted molar refractivity (Wildman–Crippen MR) is 90.0 cm³/mol. The molecule has 0 atom stereocenters. The fourth-order valence-electron chi connectivity index (χ4n) is 2.54. The third-order valence-corrected chi connectivity index (χ3v) is 3.66. The van der Waals surface area contributed by atoms with Gasteiger partial charge in [0, 0.05) is 18.6 Å². The number of hydrogen-bond acceptors (Lipinski definition) is 6. The van der Waals surface area contributed by atoms with Gasteiger partial charge in [0.05, 0.1) is 24.1 Å². The smallest absolute Gasteiger partial charge is 0.328 e. The molecule has 8 nitrogen and oxygen atoms in total. The van der Waals surface area contributed by atoms with Crippen molar-refractivity contribution in [3.8, 4) is 11.5 Å². The summed E-state index contributed by atoms with van der Waals surface area (Å²) in [6, 6.07) is 3.13. The van der Waals surface area contributed by atoms with Crippen LogP contribution in [0.25, 0.3) is 10.9 Å². The molecule has 0 aliphatic rings. The van der Waals surface area contributed by atoms with Crippen molar-refractivity contribution in [3.05, 3.63) is 33.0 Å². The Labute approximate surface area is 144 Å². The third kappa shape index (κ3) is 4.40.